The molecule has 1 aromatic rings. The van der Waals surface area contributed by atoms with Gasteiger partial charge in [0, 0.05) is 38.3 Å². The van der Waals surface area contributed by atoms with E-state index in [-0.39, 0.29) is 31.6 Å². The highest BCUT2D eigenvalue weighted by atomic mass is 32.2. The van der Waals surface area contributed by atoms with Gasteiger partial charge in [-0.3, -0.25) is 9.69 Å². The lowest BCUT2D eigenvalue weighted by Crippen LogP contribution is -2.51. The van der Waals surface area contributed by atoms with Crippen LogP contribution in [0.1, 0.15) is 33.6 Å². The number of amides is 1. The van der Waals surface area contributed by atoms with Crippen molar-refractivity contribution in [3.8, 4) is 0 Å². The molecular formula is C19H29F2N3O3S. The van der Waals surface area contributed by atoms with Gasteiger partial charge in [0.05, 0.1) is 6.54 Å². The number of nitrogens with zero attached hydrogens (tertiary/aromatic N) is 2. The van der Waals surface area contributed by atoms with E-state index in [2.05, 4.69) is 19.2 Å². The molecule has 9 heteroatoms. The predicted octanol–water partition coefficient (Wildman–Crippen LogP) is 2.21. The number of nitrogens with one attached hydrogen (secondary N) is 1. The number of carbonyl (C=O) groups is 1. The van der Waals surface area contributed by atoms with Gasteiger partial charge in [-0.1, -0.05) is 13.8 Å². The van der Waals surface area contributed by atoms with Crippen molar-refractivity contribution in [2.24, 2.45) is 5.92 Å². The van der Waals surface area contributed by atoms with Crippen LogP contribution in [0.3, 0.4) is 0 Å². The Kier molecular flexibility index (Phi) is 7.91. The summed E-state index contributed by atoms with van der Waals surface area (Å²) in [4.78, 5) is 13.5. The van der Waals surface area contributed by atoms with Crippen LogP contribution >= 0.6 is 0 Å². The van der Waals surface area contributed by atoms with E-state index in [0.717, 1.165) is 25.0 Å². The van der Waals surface area contributed by atoms with Crippen LogP contribution in [0.2, 0.25) is 0 Å². The van der Waals surface area contributed by atoms with Gasteiger partial charge in [-0.15, -0.1) is 0 Å². The van der Waals surface area contributed by atoms with Crippen molar-refractivity contribution in [1.29, 1.82) is 0 Å². The molecular weight excluding hydrogens is 388 g/mol. The summed E-state index contributed by atoms with van der Waals surface area (Å²) >= 11 is 0. The molecule has 1 aliphatic heterocycles. The molecule has 0 unspecified atom stereocenters. The van der Waals surface area contributed by atoms with Crippen molar-refractivity contribution in [3.05, 3.63) is 29.8 Å². The van der Waals surface area contributed by atoms with Gasteiger partial charge in [-0.25, -0.2) is 17.2 Å². The van der Waals surface area contributed by atoms with Crippen LogP contribution in [0.4, 0.5) is 8.78 Å². The smallest absolute Gasteiger partial charge is 0.246 e. The normalized spacial score (nSPS) is 17.6. The third-order valence-corrected chi connectivity index (χ3v) is 6.73. The first-order chi connectivity index (χ1) is 13.1. The lowest BCUT2D eigenvalue weighted by molar-refractivity contribution is -0.123. The van der Waals surface area contributed by atoms with Gasteiger partial charge >= 0.3 is 0 Å². The molecule has 0 aliphatic carbocycles. The molecule has 0 bridgehead atoms. The van der Waals surface area contributed by atoms with E-state index in [1.807, 2.05) is 11.8 Å². The summed E-state index contributed by atoms with van der Waals surface area (Å²) in [6.07, 6.45) is 1.95. The lowest BCUT2D eigenvalue weighted by Gasteiger charge is -2.33. The first-order valence-corrected chi connectivity index (χ1v) is 11.0. The Morgan fingerprint density at radius 3 is 2.32 bits per heavy atom. The first-order valence-electron chi connectivity index (χ1n) is 9.56. The molecule has 1 aromatic carbocycles. The van der Waals surface area contributed by atoms with Gasteiger partial charge in [0.2, 0.25) is 15.9 Å². The largest absolute Gasteiger partial charge is 0.353 e. The van der Waals surface area contributed by atoms with Crippen molar-refractivity contribution in [2.45, 2.75) is 44.6 Å². The molecule has 1 aliphatic rings. The summed E-state index contributed by atoms with van der Waals surface area (Å²) in [5.41, 5.74) is 0. The zero-order valence-electron chi connectivity index (χ0n) is 16.6. The van der Waals surface area contributed by atoms with Crippen LogP contribution in [0.25, 0.3) is 0 Å². The van der Waals surface area contributed by atoms with Gasteiger partial charge in [-0.05, 0) is 37.8 Å². The van der Waals surface area contributed by atoms with Crippen molar-refractivity contribution < 1.29 is 22.0 Å². The molecule has 28 heavy (non-hydrogen) atoms. The summed E-state index contributed by atoms with van der Waals surface area (Å²) in [5, 5.41) is 2.97. The number of hydrogen-bond acceptors (Lipinski definition) is 4. The Labute approximate surface area is 165 Å². The Hall–Kier alpha value is -1.58. The number of halogens is 2. The van der Waals surface area contributed by atoms with Crippen molar-refractivity contribution in [1.82, 2.24) is 14.5 Å². The summed E-state index contributed by atoms with van der Waals surface area (Å²) in [6, 6.07) is 2.53. The van der Waals surface area contributed by atoms with E-state index >= 15 is 0 Å². The zero-order valence-corrected chi connectivity index (χ0v) is 17.4. The molecule has 1 N–H and O–H groups in total. The highest BCUT2D eigenvalue weighted by Gasteiger charge is 2.31. The van der Waals surface area contributed by atoms with Crippen LogP contribution in [-0.4, -0.2) is 62.3 Å². The zero-order chi connectivity index (χ0) is 20.9. The molecule has 0 spiro atoms. The monoisotopic (exact) mass is 417 g/mol. The molecule has 1 amide bonds. The topological polar surface area (TPSA) is 69.7 Å². The van der Waals surface area contributed by atoms with Crippen molar-refractivity contribution in [2.75, 3.05) is 32.7 Å². The Morgan fingerprint density at radius 1 is 1.11 bits per heavy atom. The van der Waals surface area contributed by atoms with E-state index < -0.39 is 26.6 Å². The fourth-order valence-corrected chi connectivity index (χ4v) is 4.60. The summed E-state index contributed by atoms with van der Waals surface area (Å²) in [5.74, 6) is -1.43. The van der Waals surface area contributed by atoms with E-state index in [9.17, 15) is 22.0 Å². The Bertz CT molecular complexity index is 779. The molecule has 0 saturated carbocycles. The molecule has 1 fully saturated rings. The maximum absolute atomic E-state index is 13.9. The quantitative estimate of drug-likeness (QED) is 0.704. The van der Waals surface area contributed by atoms with E-state index in [1.54, 1.807) is 0 Å². The number of piperazine rings is 1. The van der Waals surface area contributed by atoms with Gasteiger partial charge in [0.1, 0.15) is 16.5 Å². The Morgan fingerprint density at radius 2 is 1.75 bits per heavy atom. The van der Waals surface area contributed by atoms with Crippen molar-refractivity contribution in [3.63, 3.8) is 0 Å². The third kappa shape index (κ3) is 6.22. The summed E-state index contributed by atoms with van der Waals surface area (Å²) < 4.78 is 53.3. The summed E-state index contributed by atoms with van der Waals surface area (Å²) in [6.45, 7) is 7.49. The average molecular weight is 418 g/mol. The third-order valence-electron chi connectivity index (χ3n) is 4.79. The molecule has 2 rings (SSSR count). The van der Waals surface area contributed by atoms with Crippen LogP contribution in [-0.2, 0) is 14.8 Å². The minimum atomic E-state index is -4.03. The molecule has 0 aromatic heterocycles. The van der Waals surface area contributed by atoms with Crippen LogP contribution in [0.15, 0.2) is 23.1 Å². The number of benzene rings is 1. The van der Waals surface area contributed by atoms with Gasteiger partial charge < -0.3 is 5.32 Å². The molecule has 1 saturated heterocycles. The maximum Gasteiger partial charge on any atom is 0.246 e. The van der Waals surface area contributed by atoms with Crippen LogP contribution in [0.5, 0.6) is 0 Å². The highest BCUT2D eigenvalue weighted by molar-refractivity contribution is 7.89. The fourth-order valence-electron chi connectivity index (χ4n) is 3.13. The number of rotatable bonds is 8. The predicted molar refractivity (Wildman–Crippen MR) is 103 cm³/mol. The SMILES string of the molecule is CC(C)CC[C@@H](C)NC(=O)CN1CCN(S(=O)(=O)c2ccc(F)cc2F)CC1. The van der Waals surface area contributed by atoms with Gasteiger partial charge in [-0.2, -0.15) is 4.31 Å². The van der Waals surface area contributed by atoms with Crippen LogP contribution in [0, 0.1) is 17.6 Å². The minimum Gasteiger partial charge on any atom is -0.353 e. The van der Waals surface area contributed by atoms with E-state index in [4.69, 9.17) is 0 Å². The molecule has 6 nitrogen and oxygen atoms in total. The maximum atomic E-state index is 13.9. The molecule has 1 heterocycles. The second kappa shape index (κ2) is 9.76. The lowest BCUT2D eigenvalue weighted by atomic mass is 10.0. The number of sulfonamides is 1. The number of hydrogen-bond donors (Lipinski definition) is 1. The van der Waals surface area contributed by atoms with E-state index in [1.165, 1.54) is 4.31 Å². The average Bonchev–Trinajstić information content (AvgIpc) is 2.60. The molecule has 1 atom stereocenters. The van der Waals surface area contributed by atoms with E-state index in [0.29, 0.717) is 25.1 Å². The summed E-state index contributed by atoms with van der Waals surface area (Å²) in [7, 11) is -4.03. The van der Waals surface area contributed by atoms with Crippen molar-refractivity contribution >= 4 is 15.9 Å². The highest BCUT2D eigenvalue weighted by Crippen LogP contribution is 2.21. The van der Waals surface area contributed by atoms with Crippen LogP contribution < -0.4 is 5.32 Å². The second-order valence-electron chi connectivity index (χ2n) is 7.69. The minimum absolute atomic E-state index is 0.0860. The first kappa shape index (κ1) is 22.7. The second-order valence-corrected chi connectivity index (χ2v) is 9.60. The van der Waals surface area contributed by atoms with Gasteiger partial charge in [0.15, 0.2) is 0 Å². The number of carbonyl (C=O) groups excluding carboxylic acids is 1. The molecule has 0 radical (unpaired) electrons. The Balaban J connectivity index is 1.86. The van der Waals surface area contributed by atoms with Gasteiger partial charge in [0.25, 0.3) is 0 Å². The standard InChI is InChI=1S/C19H29F2N3O3S/c1-14(2)4-5-15(3)22-19(25)13-23-8-10-24(11-9-23)28(26,27)18-7-6-16(20)12-17(18)21/h6-7,12,14-15H,4-5,8-11,13H2,1-3H3,(H,22,25)/t15-/m1/s1. The fraction of sp³-hybridized carbons (Fsp3) is 0.632. The molecule has 158 valence electrons.